The number of carbonyl (C=O) groups excluding carboxylic acids is 2. The lowest BCUT2D eigenvalue weighted by Crippen LogP contribution is -2.33. The highest BCUT2D eigenvalue weighted by molar-refractivity contribution is 6.15. The number of aliphatic hydroxyl groups is 1. The Balaban J connectivity index is 1.71. The highest BCUT2D eigenvalue weighted by Crippen LogP contribution is 2.39. The van der Waals surface area contributed by atoms with Crippen LogP contribution in [-0.2, 0) is 11.2 Å². The predicted octanol–water partition coefficient (Wildman–Crippen LogP) is 3.80. The van der Waals surface area contributed by atoms with Crippen molar-refractivity contribution in [1.82, 2.24) is 9.88 Å². The minimum atomic E-state index is -0.702. The van der Waals surface area contributed by atoms with Crippen molar-refractivity contribution in [3.63, 3.8) is 0 Å². The van der Waals surface area contributed by atoms with E-state index in [-0.39, 0.29) is 11.3 Å². The predicted molar refractivity (Wildman–Crippen MR) is 106 cm³/mol. The van der Waals surface area contributed by atoms with Crippen molar-refractivity contribution < 1.29 is 19.1 Å². The lowest BCUT2D eigenvalue weighted by molar-refractivity contribution is -0.129. The number of amides is 1. The lowest BCUT2D eigenvalue weighted by Gasteiger charge is -2.26. The number of nitrogens with zero attached hydrogens (tertiary/aromatic N) is 2. The van der Waals surface area contributed by atoms with Crippen molar-refractivity contribution >= 4 is 11.7 Å². The van der Waals surface area contributed by atoms with Crippen molar-refractivity contribution in [3.8, 4) is 0 Å². The molecule has 1 aromatic carbocycles. The van der Waals surface area contributed by atoms with E-state index in [1.165, 1.54) is 4.90 Å². The van der Waals surface area contributed by atoms with Gasteiger partial charge in [-0.1, -0.05) is 30.3 Å². The first-order valence-corrected chi connectivity index (χ1v) is 9.35. The Morgan fingerprint density at radius 1 is 1.10 bits per heavy atom. The summed E-state index contributed by atoms with van der Waals surface area (Å²) in [7, 11) is 0. The molecule has 0 aliphatic carbocycles. The van der Waals surface area contributed by atoms with Crippen molar-refractivity contribution in [2.75, 3.05) is 6.54 Å². The van der Waals surface area contributed by atoms with Gasteiger partial charge in [0.25, 0.3) is 5.91 Å². The quantitative estimate of drug-likeness (QED) is 0.650. The van der Waals surface area contributed by atoms with Gasteiger partial charge >= 0.3 is 0 Å². The smallest absolute Gasteiger partial charge is 0.290 e. The molecular weight excluding hydrogens is 368 g/mol. The number of rotatable bonds is 6. The van der Waals surface area contributed by atoms with E-state index < -0.39 is 23.5 Å². The van der Waals surface area contributed by atoms with Gasteiger partial charge in [-0.15, -0.1) is 0 Å². The third-order valence-electron chi connectivity index (χ3n) is 5.02. The standard InChI is InChI=1S/C23H20N2O4/c1-15-7-8-18(29-15)21(26)19-20(17-9-12-24-13-10-17)25(23(28)22(19)27)14-11-16-5-3-2-4-6-16/h2-10,12-13,20,27H,11,14H2,1H3. The molecule has 0 spiro atoms. The minimum Gasteiger partial charge on any atom is -0.503 e. The second-order valence-electron chi connectivity index (χ2n) is 6.92. The van der Waals surface area contributed by atoms with Crippen LogP contribution in [0.5, 0.6) is 0 Å². The van der Waals surface area contributed by atoms with Crippen LogP contribution in [0.2, 0.25) is 0 Å². The molecule has 146 valence electrons. The Kier molecular flexibility index (Phi) is 4.99. The summed E-state index contributed by atoms with van der Waals surface area (Å²) in [5.74, 6) is -0.902. The van der Waals surface area contributed by atoms with Crippen molar-refractivity contribution in [1.29, 1.82) is 0 Å². The summed E-state index contributed by atoms with van der Waals surface area (Å²) < 4.78 is 5.45. The molecule has 1 N–H and O–H groups in total. The van der Waals surface area contributed by atoms with Gasteiger partial charge in [-0.05, 0) is 48.7 Å². The minimum absolute atomic E-state index is 0.0311. The zero-order chi connectivity index (χ0) is 20.4. The van der Waals surface area contributed by atoms with Gasteiger partial charge in [0.05, 0.1) is 11.6 Å². The molecule has 0 bridgehead atoms. The maximum Gasteiger partial charge on any atom is 0.290 e. The molecule has 0 saturated heterocycles. The number of ketones is 1. The molecule has 1 atom stereocenters. The summed E-state index contributed by atoms with van der Waals surface area (Å²) in [4.78, 5) is 31.5. The number of pyridine rings is 1. The summed E-state index contributed by atoms with van der Waals surface area (Å²) in [6.45, 7) is 2.09. The monoisotopic (exact) mass is 388 g/mol. The van der Waals surface area contributed by atoms with Crippen molar-refractivity contribution in [2.24, 2.45) is 0 Å². The average Bonchev–Trinajstić information content (AvgIpc) is 3.29. The fraction of sp³-hybridized carbons (Fsp3) is 0.174. The van der Waals surface area contributed by atoms with Gasteiger partial charge < -0.3 is 14.4 Å². The molecule has 0 fully saturated rings. The molecule has 1 unspecified atom stereocenters. The number of benzene rings is 1. The lowest BCUT2D eigenvalue weighted by atomic mass is 9.95. The second kappa shape index (κ2) is 7.75. The van der Waals surface area contributed by atoms with Crippen LogP contribution in [0.3, 0.4) is 0 Å². The largest absolute Gasteiger partial charge is 0.503 e. The number of furan rings is 1. The van der Waals surface area contributed by atoms with Crippen LogP contribution in [0, 0.1) is 6.92 Å². The van der Waals surface area contributed by atoms with Gasteiger partial charge in [-0.25, -0.2) is 0 Å². The maximum atomic E-state index is 13.1. The van der Waals surface area contributed by atoms with Gasteiger partial charge in [0, 0.05) is 18.9 Å². The van der Waals surface area contributed by atoms with E-state index in [4.69, 9.17) is 4.42 Å². The molecular formula is C23H20N2O4. The topological polar surface area (TPSA) is 83.6 Å². The maximum absolute atomic E-state index is 13.1. The summed E-state index contributed by atoms with van der Waals surface area (Å²) in [5, 5.41) is 10.6. The molecule has 29 heavy (non-hydrogen) atoms. The van der Waals surface area contributed by atoms with Crippen LogP contribution < -0.4 is 0 Å². The highest BCUT2D eigenvalue weighted by atomic mass is 16.3. The molecule has 6 nitrogen and oxygen atoms in total. The first kappa shape index (κ1) is 18.7. The van der Waals surface area contributed by atoms with Crippen LogP contribution >= 0.6 is 0 Å². The van der Waals surface area contributed by atoms with Crippen LogP contribution in [0.15, 0.2) is 82.7 Å². The highest BCUT2D eigenvalue weighted by Gasteiger charge is 2.44. The third kappa shape index (κ3) is 3.57. The van der Waals surface area contributed by atoms with Gasteiger partial charge in [-0.3, -0.25) is 14.6 Å². The third-order valence-corrected chi connectivity index (χ3v) is 5.02. The number of carbonyl (C=O) groups is 2. The van der Waals surface area contributed by atoms with E-state index in [0.29, 0.717) is 24.3 Å². The summed E-state index contributed by atoms with van der Waals surface area (Å²) in [6, 6.07) is 15.8. The van der Waals surface area contributed by atoms with E-state index in [1.807, 2.05) is 30.3 Å². The molecule has 1 aliphatic rings. The zero-order valence-electron chi connectivity index (χ0n) is 15.9. The number of aromatic nitrogens is 1. The number of aryl methyl sites for hydroxylation is 1. The van der Waals surface area contributed by atoms with Gasteiger partial charge in [-0.2, -0.15) is 0 Å². The fourth-order valence-corrected chi connectivity index (χ4v) is 3.59. The number of hydrogen-bond acceptors (Lipinski definition) is 5. The number of hydrogen-bond donors (Lipinski definition) is 1. The number of Topliss-reactive ketones (excluding diaryl/α,β-unsaturated/α-hetero) is 1. The Bertz CT molecular complexity index is 1070. The molecule has 6 heteroatoms. The summed E-state index contributed by atoms with van der Waals surface area (Å²) in [6.07, 6.45) is 3.80. The van der Waals surface area contributed by atoms with E-state index in [2.05, 4.69) is 4.98 Å². The molecule has 1 amide bonds. The van der Waals surface area contributed by atoms with Crippen LogP contribution in [0.4, 0.5) is 0 Å². The fourth-order valence-electron chi connectivity index (χ4n) is 3.59. The second-order valence-corrected chi connectivity index (χ2v) is 6.92. The summed E-state index contributed by atoms with van der Waals surface area (Å²) >= 11 is 0. The first-order valence-electron chi connectivity index (χ1n) is 9.35. The van der Waals surface area contributed by atoms with E-state index in [1.54, 1.807) is 43.6 Å². The Morgan fingerprint density at radius 3 is 2.48 bits per heavy atom. The average molecular weight is 388 g/mol. The molecule has 3 heterocycles. The van der Waals surface area contributed by atoms with Gasteiger partial charge in [0.1, 0.15) is 5.76 Å². The summed E-state index contributed by atoms with van der Waals surface area (Å²) in [5.41, 5.74) is 1.80. The Hall–Kier alpha value is -3.67. The molecule has 2 aromatic heterocycles. The molecule has 0 saturated carbocycles. The van der Waals surface area contributed by atoms with Crippen LogP contribution in [0.1, 0.15) is 33.5 Å². The van der Waals surface area contributed by atoms with Gasteiger partial charge in [0.2, 0.25) is 5.78 Å². The van der Waals surface area contributed by atoms with Crippen LogP contribution in [0.25, 0.3) is 0 Å². The SMILES string of the molecule is Cc1ccc(C(=O)C2=C(O)C(=O)N(CCc3ccccc3)C2c2ccncc2)o1. The van der Waals surface area contributed by atoms with E-state index >= 15 is 0 Å². The molecule has 4 rings (SSSR count). The van der Waals surface area contributed by atoms with Crippen LogP contribution in [-0.4, -0.2) is 33.2 Å². The zero-order valence-corrected chi connectivity index (χ0v) is 15.9. The molecule has 3 aromatic rings. The normalized spacial score (nSPS) is 16.5. The van der Waals surface area contributed by atoms with E-state index in [9.17, 15) is 14.7 Å². The Labute approximate surface area is 168 Å². The molecule has 0 radical (unpaired) electrons. The first-order chi connectivity index (χ1) is 14.1. The van der Waals surface area contributed by atoms with Gasteiger partial charge in [0.15, 0.2) is 11.5 Å². The number of aliphatic hydroxyl groups excluding tert-OH is 1. The molecule has 1 aliphatic heterocycles. The van der Waals surface area contributed by atoms with Crippen molar-refractivity contribution in [3.05, 3.63) is 101 Å². The Morgan fingerprint density at radius 2 is 1.83 bits per heavy atom. The van der Waals surface area contributed by atoms with Crippen molar-refractivity contribution in [2.45, 2.75) is 19.4 Å². The van der Waals surface area contributed by atoms with E-state index in [0.717, 1.165) is 5.56 Å².